The number of aromatic nitrogens is 1. The number of aliphatic imine (C=N–C) groups is 1. The molecule has 4 N–H and O–H groups in total. The molecule has 0 saturated heterocycles. The minimum atomic E-state index is 0.0961. The van der Waals surface area contributed by atoms with Crippen molar-refractivity contribution in [1.29, 1.82) is 0 Å². The molecule has 2 aromatic carbocycles. The first-order chi connectivity index (χ1) is 13.4. The number of hydrogen-bond donors (Lipinski definition) is 2. The van der Waals surface area contributed by atoms with Gasteiger partial charge in [-0.2, -0.15) is 0 Å². The van der Waals surface area contributed by atoms with Gasteiger partial charge in [0.1, 0.15) is 0 Å². The van der Waals surface area contributed by atoms with Crippen LogP contribution in [0, 0.1) is 0 Å². The van der Waals surface area contributed by atoms with Crippen molar-refractivity contribution >= 4 is 62.6 Å². The third kappa shape index (κ3) is 3.60. The number of rotatable bonds is 4. The van der Waals surface area contributed by atoms with E-state index < -0.39 is 0 Å². The first-order valence-electron chi connectivity index (χ1n) is 8.94. The van der Waals surface area contributed by atoms with Crippen LogP contribution in [0.25, 0.3) is 21.8 Å². The number of allylic oxidation sites excluding steroid dienone is 4. The maximum absolute atomic E-state index is 6.28. The van der Waals surface area contributed by atoms with Crippen molar-refractivity contribution in [2.45, 2.75) is 18.9 Å². The lowest BCUT2D eigenvalue weighted by Gasteiger charge is -2.17. The molecule has 28 heavy (non-hydrogen) atoms. The molecule has 1 heterocycles. The summed E-state index contributed by atoms with van der Waals surface area (Å²) in [7, 11) is 0. The molecule has 144 valence electrons. The second-order valence-electron chi connectivity index (χ2n) is 6.81. The van der Waals surface area contributed by atoms with Crippen LogP contribution in [0.5, 0.6) is 0 Å². The van der Waals surface area contributed by atoms with Gasteiger partial charge in [0.2, 0.25) is 0 Å². The SMILES string of the molecule is NC(N)=NCCn1c2ccc(Cl)cc2c2cc(C3C=C(Cl)C(Cl)=CC3)ccc21. The molecule has 1 aliphatic rings. The molecule has 0 spiro atoms. The lowest BCUT2D eigenvalue weighted by molar-refractivity contribution is 0.757. The Hall–Kier alpha value is -2.14. The molecule has 7 heteroatoms. The number of fused-ring (bicyclic) bond motifs is 3. The van der Waals surface area contributed by atoms with E-state index in [1.165, 1.54) is 5.56 Å². The van der Waals surface area contributed by atoms with Gasteiger partial charge in [0.05, 0.1) is 16.6 Å². The standard InChI is InChI=1S/C21H19Cl3N4/c22-14-3-6-20-16(11-14)15-9-12(13-1-4-17(23)18(24)10-13)2-5-19(15)28(20)8-7-27-21(25)26/h2-6,9-11,13H,1,7-8H2,(H4,25,26,27). The molecule has 1 aliphatic carbocycles. The van der Waals surface area contributed by atoms with Crippen molar-refractivity contribution in [2.75, 3.05) is 6.54 Å². The van der Waals surface area contributed by atoms with E-state index in [0.717, 1.165) is 28.2 Å². The molecular weight excluding hydrogens is 415 g/mol. The van der Waals surface area contributed by atoms with Crippen LogP contribution in [-0.4, -0.2) is 17.1 Å². The van der Waals surface area contributed by atoms with Crippen LogP contribution in [0.3, 0.4) is 0 Å². The van der Waals surface area contributed by atoms with Crippen LogP contribution in [0.2, 0.25) is 5.02 Å². The second-order valence-corrected chi connectivity index (χ2v) is 8.06. The fraction of sp³-hybridized carbons (Fsp3) is 0.190. The van der Waals surface area contributed by atoms with Crippen molar-refractivity contribution in [3.05, 3.63) is 69.2 Å². The number of guanidine groups is 1. The Bertz CT molecular complexity index is 1150. The van der Waals surface area contributed by atoms with Gasteiger partial charge >= 0.3 is 0 Å². The molecule has 0 aliphatic heterocycles. The van der Waals surface area contributed by atoms with Gasteiger partial charge in [0.25, 0.3) is 0 Å². The van der Waals surface area contributed by atoms with Crippen LogP contribution in [-0.2, 0) is 6.54 Å². The highest BCUT2D eigenvalue weighted by Crippen LogP contribution is 2.37. The van der Waals surface area contributed by atoms with E-state index in [9.17, 15) is 0 Å². The smallest absolute Gasteiger partial charge is 0.185 e. The largest absolute Gasteiger partial charge is 0.370 e. The monoisotopic (exact) mass is 432 g/mol. The molecule has 1 atom stereocenters. The number of nitrogens with two attached hydrogens (primary N) is 2. The molecule has 3 aromatic rings. The number of hydrogen-bond acceptors (Lipinski definition) is 1. The molecule has 4 nitrogen and oxygen atoms in total. The first kappa shape index (κ1) is 19.2. The van der Waals surface area contributed by atoms with E-state index in [4.69, 9.17) is 46.3 Å². The van der Waals surface area contributed by atoms with Crippen molar-refractivity contribution in [2.24, 2.45) is 16.5 Å². The van der Waals surface area contributed by atoms with Crippen molar-refractivity contribution in [3.63, 3.8) is 0 Å². The molecular formula is C21H19Cl3N4. The van der Waals surface area contributed by atoms with Gasteiger partial charge in [-0.05, 0) is 42.3 Å². The van der Waals surface area contributed by atoms with Gasteiger partial charge < -0.3 is 16.0 Å². The summed E-state index contributed by atoms with van der Waals surface area (Å²) in [4.78, 5) is 4.12. The Morgan fingerprint density at radius 1 is 1.00 bits per heavy atom. The highest BCUT2D eigenvalue weighted by atomic mass is 35.5. The summed E-state index contributed by atoms with van der Waals surface area (Å²) < 4.78 is 2.22. The van der Waals surface area contributed by atoms with Gasteiger partial charge in [0, 0.05) is 39.3 Å². The Morgan fingerprint density at radius 3 is 2.43 bits per heavy atom. The van der Waals surface area contributed by atoms with Crippen LogP contribution < -0.4 is 11.5 Å². The normalized spacial score (nSPS) is 16.9. The summed E-state index contributed by atoms with van der Waals surface area (Å²) >= 11 is 18.6. The zero-order chi connectivity index (χ0) is 19.8. The van der Waals surface area contributed by atoms with Gasteiger partial charge in [-0.15, -0.1) is 0 Å². The molecule has 0 amide bonds. The lowest BCUT2D eigenvalue weighted by atomic mass is 9.91. The molecule has 4 rings (SSSR count). The number of benzene rings is 2. The summed E-state index contributed by atoms with van der Waals surface area (Å²) in [5.74, 6) is 0.289. The Labute approximate surface area is 178 Å². The third-order valence-corrected chi connectivity index (χ3v) is 6.04. The van der Waals surface area contributed by atoms with Crippen LogP contribution in [0.15, 0.2) is 63.6 Å². The highest BCUT2D eigenvalue weighted by Gasteiger charge is 2.18. The van der Waals surface area contributed by atoms with Crippen molar-refractivity contribution in [3.8, 4) is 0 Å². The minimum Gasteiger partial charge on any atom is -0.370 e. The van der Waals surface area contributed by atoms with E-state index in [1.807, 2.05) is 30.4 Å². The summed E-state index contributed by atoms with van der Waals surface area (Å²) in [6.07, 6.45) is 4.80. The Kier molecular flexibility index (Phi) is 5.28. The maximum atomic E-state index is 6.28. The highest BCUT2D eigenvalue weighted by molar-refractivity contribution is 6.44. The fourth-order valence-electron chi connectivity index (χ4n) is 3.73. The molecule has 0 saturated carbocycles. The molecule has 1 aromatic heterocycles. The van der Waals surface area contributed by atoms with E-state index in [2.05, 4.69) is 27.8 Å². The average molecular weight is 434 g/mol. The predicted molar refractivity (Wildman–Crippen MR) is 120 cm³/mol. The molecule has 0 fully saturated rings. The van der Waals surface area contributed by atoms with Gasteiger partial charge in [0.15, 0.2) is 5.96 Å². The third-order valence-electron chi connectivity index (χ3n) is 5.02. The van der Waals surface area contributed by atoms with Crippen LogP contribution in [0.4, 0.5) is 0 Å². The van der Waals surface area contributed by atoms with E-state index in [1.54, 1.807) is 0 Å². The minimum absolute atomic E-state index is 0.0961. The lowest BCUT2D eigenvalue weighted by Crippen LogP contribution is -2.23. The predicted octanol–water partition coefficient (Wildman–Crippen LogP) is 5.45. The Balaban J connectivity index is 1.83. The summed E-state index contributed by atoms with van der Waals surface area (Å²) in [6.45, 7) is 1.18. The molecule has 0 bridgehead atoms. The number of nitrogens with zero attached hydrogens (tertiary/aromatic N) is 2. The van der Waals surface area contributed by atoms with Crippen LogP contribution in [0.1, 0.15) is 17.9 Å². The summed E-state index contributed by atoms with van der Waals surface area (Å²) in [6, 6.07) is 12.4. The summed E-state index contributed by atoms with van der Waals surface area (Å²) in [5, 5.41) is 4.16. The summed E-state index contributed by atoms with van der Waals surface area (Å²) in [5.41, 5.74) is 14.3. The van der Waals surface area contributed by atoms with E-state index in [0.29, 0.717) is 28.2 Å². The Morgan fingerprint density at radius 2 is 1.71 bits per heavy atom. The average Bonchev–Trinajstić information content (AvgIpc) is 2.96. The van der Waals surface area contributed by atoms with Gasteiger partial charge in [-0.1, -0.05) is 53.0 Å². The fourth-order valence-corrected chi connectivity index (χ4v) is 4.28. The molecule has 1 unspecified atom stereocenters. The number of halogens is 3. The molecule has 0 radical (unpaired) electrons. The maximum Gasteiger partial charge on any atom is 0.185 e. The van der Waals surface area contributed by atoms with Gasteiger partial charge in [-0.3, -0.25) is 4.99 Å². The topological polar surface area (TPSA) is 69.3 Å². The van der Waals surface area contributed by atoms with E-state index >= 15 is 0 Å². The second kappa shape index (κ2) is 7.70. The van der Waals surface area contributed by atoms with Crippen molar-refractivity contribution < 1.29 is 0 Å². The first-order valence-corrected chi connectivity index (χ1v) is 10.1. The van der Waals surface area contributed by atoms with Crippen molar-refractivity contribution in [1.82, 2.24) is 4.57 Å². The van der Waals surface area contributed by atoms with Gasteiger partial charge in [-0.25, -0.2) is 0 Å². The quantitative estimate of drug-likeness (QED) is 0.424. The van der Waals surface area contributed by atoms with E-state index in [-0.39, 0.29) is 11.9 Å². The zero-order valence-corrected chi connectivity index (χ0v) is 17.3. The zero-order valence-electron chi connectivity index (χ0n) is 15.0. The van der Waals surface area contributed by atoms with Crippen LogP contribution >= 0.6 is 34.8 Å².